The van der Waals surface area contributed by atoms with Gasteiger partial charge in [-0.3, -0.25) is 0 Å². The fourth-order valence-electron chi connectivity index (χ4n) is 5.81. The maximum Gasteiger partial charge on any atom is 0.0465 e. The molecule has 1 aliphatic rings. The first-order chi connectivity index (χ1) is 18.1. The molecule has 0 bridgehead atoms. The van der Waals surface area contributed by atoms with Crippen LogP contribution in [-0.2, 0) is 11.8 Å². The summed E-state index contributed by atoms with van der Waals surface area (Å²) in [6.45, 7) is 6.93. The van der Waals surface area contributed by atoms with Crippen molar-refractivity contribution in [2.75, 3.05) is 4.90 Å². The zero-order chi connectivity index (χ0) is 25.4. The van der Waals surface area contributed by atoms with E-state index in [1.54, 1.807) is 0 Å². The van der Waals surface area contributed by atoms with E-state index in [9.17, 15) is 0 Å². The Morgan fingerprint density at radius 2 is 1.11 bits per heavy atom. The molecule has 0 aliphatic heterocycles. The van der Waals surface area contributed by atoms with Crippen LogP contribution < -0.4 is 4.90 Å². The molecular weight excluding hydrogens is 446 g/mol. The molecule has 1 heteroatoms. The van der Waals surface area contributed by atoms with Crippen molar-refractivity contribution >= 4 is 17.1 Å². The standard InChI is InChI=1S/C36H33N/c1-4-10-26-15-19-29(20-16-26)37(30-21-17-28(18-22-30)27-11-6-5-7-12-27)31-23-24-33-32-13-8-9-14-34(32)36(2,3)35(33)25-31/h5-9,11-25H,4,10H2,1-3H3. The normalized spacial score (nSPS) is 13.2. The monoisotopic (exact) mass is 479 g/mol. The Morgan fingerprint density at radius 1 is 0.541 bits per heavy atom. The van der Waals surface area contributed by atoms with Gasteiger partial charge in [0.15, 0.2) is 0 Å². The van der Waals surface area contributed by atoms with E-state index < -0.39 is 0 Å². The van der Waals surface area contributed by atoms with Crippen molar-refractivity contribution in [1.82, 2.24) is 0 Å². The van der Waals surface area contributed by atoms with Crippen LogP contribution in [0.1, 0.15) is 43.9 Å². The van der Waals surface area contributed by atoms with Crippen LogP contribution in [0.4, 0.5) is 17.1 Å². The Morgan fingerprint density at radius 3 is 1.81 bits per heavy atom. The van der Waals surface area contributed by atoms with Crippen LogP contribution in [0.5, 0.6) is 0 Å². The van der Waals surface area contributed by atoms with E-state index in [1.165, 1.54) is 50.3 Å². The first-order valence-electron chi connectivity index (χ1n) is 13.4. The maximum atomic E-state index is 2.40. The molecule has 0 radical (unpaired) electrons. The van der Waals surface area contributed by atoms with Crippen LogP contribution in [0, 0.1) is 0 Å². The molecule has 37 heavy (non-hydrogen) atoms. The van der Waals surface area contributed by atoms with Crippen LogP contribution in [0.2, 0.25) is 0 Å². The lowest BCUT2D eigenvalue weighted by Gasteiger charge is -2.28. The molecular formula is C36H33N. The van der Waals surface area contributed by atoms with E-state index >= 15 is 0 Å². The highest BCUT2D eigenvalue weighted by molar-refractivity contribution is 5.85. The van der Waals surface area contributed by atoms with Crippen LogP contribution in [0.3, 0.4) is 0 Å². The maximum absolute atomic E-state index is 2.40. The van der Waals surface area contributed by atoms with Gasteiger partial charge in [-0.05, 0) is 81.8 Å². The van der Waals surface area contributed by atoms with Crippen LogP contribution >= 0.6 is 0 Å². The van der Waals surface area contributed by atoms with Gasteiger partial charge in [0.25, 0.3) is 0 Å². The van der Waals surface area contributed by atoms with Gasteiger partial charge >= 0.3 is 0 Å². The van der Waals surface area contributed by atoms with Crippen LogP contribution in [0.25, 0.3) is 22.3 Å². The smallest absolute Gasteiger partial charge is 0.0465 e. The molecule has 5 aromatic rings. The van der Waals surface area contributed by atoms with Gasteiger partial charge in [-0.25, -0.2) is 0 Å². The predicted molar refractivity (Wildman–Crippen MR) is 158 cm³/mol. The number of rotatable bonds is 6. The van der Waals surface area contributed by atoms with Gasteiger partial charge < -0.3 is 4.90 Å². The number of fused-ring (bicyclic) bond motifs is 3. The molecule has 0 unspecified atom stereocenters. The van der Waals surface area contributed by atoms with E-state index in [1.807, 2.05) is 0 Å². The molecule has 5 aromatic carbocycles. The average molecular weight is 480 g/mol. The van der Waals surface area contributed by atoms with Gasteiger partial charge in [0.2, 0.25) is 0 Å². The zero-order valence-corrected chi connectivity index (χ0v) is 21.9. The van der Waals surface area contributed by atoms with E-state index in [2.05, 4.69) is 147 Å². The molecule has 1 aliphatic carbocycles. The molecule has 0 fully saturated rings. The van der Waals surface area contributed by atoms with Gasteiger partial charge in [0.05, 0.1) is 0 Å². The third-order valence-electron chi connectivity index (χ3n) is 7.79. The van der Waals surface area contributed by atoms with Gasteiger partial charge in [-0.15, -0.1) is 0 Å². The van der Waals surface area contributed by atoms with Crippen LogP contribution in [0.15, 0.2) is 121 Å². The van der Waals surface area contributed by atoms with E-state index in [4.69, 9.17) is 0 Å². The number of nitrogens with zero attached hydrogens (tertiary/aromatic N) is 1. The summed E-state index contributed by atoms with van der Waals surface area (Å²) < 4.78 is 0. The Labute approximate surface area is 221 Å². The van der Waals surface area contributed by atoms with E-state index in [0.29, 0.717) is 0 Å². The van der Waals surface area contributed by atoms with Crippen molar-refractivity contribution in [3.63, 3.8) is 0 Å². The van der Waals surface area contributed by atoms with Crippen molar-refractivity contribution in [1.29, 1.82) is 0 Å². The minimum Gasteiger partial charge on any atom is -0.310 e. The molecule has 0 N–H and O–H groups in total. The second-order valence-electron chi connectivity index (χ2n) is 10.6. The second-order valence-corrected chi connectivity index (χ2v) is 10.6. The summed E-state index contributed by atoms with van der Waals surface area (Å²) in [6.07, 6.45) is 2.27. The fourth-order valence-corrected chi connectivity index (χ4v) is 5.81. The van der Waals surface area contributed by atoms with Crippen molar-refractivity contribution in [3.8, 4) is 22.3 Å². The molecule has 0 saturated heterocycles. The lowest BCUT2D eigenvalue weighted by Crippen LogP contribution is -2.16. The Bertz CT molecular complexity index is 1530. The number of hydrogen-bond donors (Lipinski definition) is 0. The SMILES string of the molecule is CCCc1ccc(N(c2ccc(-c3ccccc3)cc2)c2ccc3c(c2)C(C)(C)c2ccccc2-3)cc1. The van der Waals surface area contributed by atoms with Crippen LogP contribution in [-0.4, -0.2) is 0 Å². The minimum atomic E-state index is -0.0320. The summed E-state index contributed by atoms with van der Waals surface area (Å²) in [5.74, 6) is 0. The van der Waals surface area contributed by atoms with Crippen molar-refractivity contribution in [2.45, 2.75) is 39.0 Å². The molecule has 0 spiro atoms. The lowest BCUT2D eigenvalue weighted by molar-refractivity contribution is 0.660. The first-order valence-corrected chi connectivity index (χ1v) is 13.4. The number of anilines is 3. The minimum absolute atomic E-state index is 0.0320. The topological polar surface area (TPSA) is 3.24 Å². The summed E-state index contributed by atoms with van der Waals surface area (Å²) in [4.78, 5) is 2.39. The highest BCUT2D eigenvalue weighted by atomic mass is 15.1. The molecule has 0 atom stereocenters. The summed E-state index contributed by atoms with van der Waals surface area (Å²) in [6, 6.07) is 44.5. The first kappa shape index (κ1) is 23.3. The molecule has 1 nitrogen and oxygen atoms in total. The molecule has 0 heterocycles. The number of aryl methyl sites for hydroxylation is 1. The lowest BCUT2D eigenvalue weighted by atomic mass is 9.82. The summed E-state index contributed by atoms with van der Waals surface area (Å²) in [5.41, 5.74) is 12.9. The van der Waals surface area contributed by atoms with Gasteiger partial charge in [0.1, 0.15) is 0 Å². The highest BCUT2D eigenvalue weighted by Gasteiger charge is 2.35. The molecule has 0 amide bonds. The van der Waals surface area contributed by atoms with Crippen molar-refractivity contribution in [2.24, 2.45) is 0 Å². The number of benzene rings is 5. The van der Waals surface area contributed by atoms with Gasteiger partial charge in [-0.2, -0.15) is 0 Å². The molecule has 6 rings (SSSR count). The second kappa shape index (κ2) is 9.41. The van der Waals surface area contributed by atoms with Crippen molar-refractivity contribution in [3.05, 3.63) is 138 Å². The van der Waals surface area contributed by atoms with Crippen molar-refractivity contribution < 1.29 is 0 Å². The third kappa shape index (κ3) is 4.15. The fraction of sp³-hybridized carbons (Fsp3) is 0.167. The zero-order valence-electron chi connectivity index (χ0n) is 21.9. The summed E-state index contributed by atoms with van der Waals surface area (Å²) in [7, 11) is 0. The molecule has 0 aromatic heterocycles. The largest absolute Gasteiger partial charge is 0.310 e. The number of hydrogen-bond acceptors (Lipinski definition) is 1. The average Bonchev–Trinajstić information content (AvgIpc) is 3.17. The molecule has 0 saturated carbocycles. The van der Waals surface area contributed by atoms with Gasteiger partial charge in [0, 0.05) is 22.5 Å². The highest BCUT2D eigenvalue weighted by Crippen LogP contribution is 2.50. The summed E-state index contributed by atoms with van der Waals surface area (Å²) >= 11 is 0. The Hall–Kier alpha value is -4.10. The Balaban J connectivity index is 1.46. The van der Waals surface area contributed by atoms with E-state index in [-0.39, 0.29) is 5.41 Å². The summed E-state index contributed by atoms with van der Waals surface area (Å²) in [5, 5.41) is 0. The predicted octanol–water partition coefficient (Wildman–Crippen LogP) is 10.1. The quantitative estimate of drug-likeness (QED) is 0.234. The Kier molecular flexibility index (Phi) is 5.93. The molecule has 182 valence electrons. The van der Waals surface area contributed by atoms with E-state index in [0.717, 1.165) is 18.5 Å². The third-order valence-corrected chi connectivity index (χ3v) is 7.79. The van der Waals surface area contributed by atoms with Gasteiger partial charge in [-0.1, -0.05) is 112 Å².